The summed E-state index contributed by atoms with van der Waals surface area (Å²) >= 11 is 6.14. The number of hydrogen-bond donors (Lipinski definition) is 0. The molecular weight excluding hydrogens is 266 g/mol. The van der Waals surface area contributed by atoms with Gasteiger partial charge in [0.15, 0.2) is 5.79 Å². The van der Waals surface area contributed by atoms with Crippen LogP contribution in [0.3, 0.4) is 0 Å². The monoisotopic (exact) mass is 279 g/mol. The second-order valence-electron chi connectivity index (χ2n) is 5.15. The summed E-state index contributed by atoms with van der Waals surface area (Å²) in [6.45, 7) is 4.76. The minimum Gasteiger partial charge on any atom is -0.491 e. The molecule has 5 heteroatoms. The van der Waals surface area contributed by atoms with E-state index in [0.29, 0.717) is 29.5 Å². The molecule has 1 aromatic rings. The van der Waals surface area contributed by atoms with Gasteiger partial charge < -0.3 is 14.2 Å². The van der Waals surface area contributed by atoms with Crippen molar-refractivity contribution in [3.05, 3.63) is 27.8 Å². The van der Waals surface area contributed by atoms with Crippen LogP contribution in [0.2, 0.25) is 5.02 Å². The van der Waals surface area contributed by atoms with Crippen molar-refractivity contribution in [2.75, 3.05) is 13.2 Å². The zero-order chi connectivity index (χ0) is 13.6. The normalized spacial score (nSPS) is 23.8. The fraction of sp³-hybridized carbons (Fsp3) is 0.500. The van der Waals surface area contributed by atoms with Crippen LogP contribution in [0.5, 0.6) is 5.75 Å². The molecule has 2 aliphatic rings. The first-order valence-corrected chi connectivity index (χ1v) is 6.59. The molecule has 4 nitrogen and oxygen atoms in total. The lowest BCUT2D eigenvalue weighted by Crippen LogP contribution is -2.20. The van der Waals surface area contributed by atoms with Crippen LogP contribution in [0.15, 0.2) is 6.07 Å². The molecule has 2 heterocycles. The first-order valence-electron chi connectivity index (χ1n) is 6.22. The fourth-order valence-electron chi connectivity index (χ4n) is 2.65. The second kappa shape index (κ2) is 4.38. The molecule has 0 amide bonds. The van der Waals surface area contributed by atoms with Crippen molar-refractivity contribution in [2.24, 2.45) is 0 Å². The molecule has 1 atom stereocenters. The lowest BCUT2D eigenvalue weighted by atomic mass is 9.95. The maximum atomic E-state index is 9.32. The van der Waals surface area contributed by atoms with E-state index in [1.165, 1.54) is 0 Å². The van der Waals surface area contributed by atoms with Crippen LogP contribution in [-0.4, -0.2) is 19.0 Å². The number of hydrogen-bond acceptors (Lipinski definition) is 4. The molecule has 0 bridgehead atoms. The highest BCUT2D eigenvalue weighted by molar-refractivity contribution is 6.32. The molecule has 1 unspecified atom stereocenters. The van der Waals surface area contributed by atoms with Gasteiger partial charge in [-0.2, -0.15) is 5.26 Å². The van der Waals surface area contributed by atoms with Gasteiger partial charge >= 0.3 is 0 Å². The third-order valence-electron chi connectivity index (χ3n) is 3.43. The molecule has 0 spiro atoms. The SMILES string of the molecule is CC1(C)OCC(c2c(C#N)cc(Cl)c3c2CCO3)O1. The average Bonchev–Trinajstić information content (AvgIpc) is 2.95. The van der Waals surface area contributed by atoms with Crippen molar-refractivity contribution in [3.63, 3.8) is 0 Å². The van der Waals surface area contributed by atoms with Crippen LogP contribution in [0.1, 0.15) is 36.6 Å². The van der Waals surface area contributed by atoms with E-state index in [9.17, 15) is 5.26 Å². The van der Waals surface area contributed by atoms with Crippen LogP contribution < -0.4 is 4.74 Å². The van der Waals surface area contributed by atoms with E-state index < -0.39 is 5.79 Å². The van der Waals surface area contributed by atoms with E-state index in [4.69, 9.17) is 25.8 Å². The number of halogens is 1. The lowest BCUT2D eigenvalue weighted by molar-refractivity contribution is -0.139. The number of fused-ring (bicyclic) bond motifs is 1. The number of rotatable bonds is 1. The van der Waals surface area contributed by atoms with Gasteiger partial charge in [-0.15, -0.1) is 0 Å². The van der Waals surface area contributed by atoms with E-state index >= 15 is 0 Å². The fourth-order valence-corrected chi connectivity index (χ4v) is 2.93. The van der Waals surface area contributed by atoms with Gasteiger partial charge in [-0.1, -0.05) is 11.6 Å². The Labute approximate surface area is 116 Å². The van der Waals surface area contributed by atoms with Crippen LogP contribution in [0, 0.1) is 11.3 Å². The first kappa shape index (κ1) is 12.7. The van der Waals surface area contributed by atoms with E-state index in [2.05, 4.69) is 6.07 Å². The number of ether oxygens (including phenoxy) is 3. The number of nitriles is 1. The predicted molar refractivity (Wildman–Crippen MR) is 69.2 cm³/mol. The Balaban J connectivity index is 2.11. The van der Waals surface area contributed by atoms with E-state index in [-0.39, 0.29) is 6.10 Å². The summed E-state index contributed by atoms with van der Waals surface area (Å²) in [7, 11) is 0. The van der Waals surface area contributed by atoms with Crippen LogP contribution in [0.4, 0.5) is 0 Å². The molecular formula is C14H14ClNO3. The van der Waals surface area contributed by atoms with Gasteiger partial charge in [0, 0.05) is 17.5 Å². The van der Waals surface area contributed by atoms with Gasteiger partial charge in [-0.3, -0.25) is 0 Å². The minimum atomic E-state index is -0.622. The molecule has 19 heavy (non-hydrogen) atoms. The topological polar surface area (TPSA) is 51.5 Å². The van der Waals surface area contributed by atoms with Crippen molar-refractivity contribution in [1.82, 2.24) is 0 Å². The zero-order valence-corrected chi connectivity index (χ0v) is 11.6. The molecule has 0 N–H and O–H groups in total. The summed E-state index contributed by atoms with van der Waals surface area (Å²) in [5.74, 6) is 0.0626. The third kappa shape index (κ3) is 2.08. The molecule has 1 fully saturated rings. The standard InChI is InChI=1S/C14H14ClNO3/c1-14(2)18-7-11(19-14)12-8(6-16)5-10(15)13-9(12)3-4-17-13/h5,11H,3-4,7H2,1-2H3. The highest BCUT2D eigenvalue weighted by atomic mass is 35.5. The summed E-state index contributed by atoms with van der Waals surface area (Å²) in [5.41, 5.74) is 2.39. The van der Waals surface area contributed by atoms with Gasteiger partial charge in [-0.25, -0.2) is 0 Å². The Bertz CT molecular complexity index is 577. The Hall–Kier alpha value is -1.28. The second-order valence-corrected chi connectivity index (χ2v) is 5.56. The van der Waals surface area contributed by atoms with E-state index in [0.717, 1.165) is 17.5 Å². The molecule has 2 aliphatic heterocycles. The summed E-state index contributed by atoms with van der Waals surface area (Å²) < 4.78 is 17.0. The Morgan fingerprint density at radius 3 is 2.89 bits per heavy atom. The molecule has 0 aliphatic carbocycles. The van der Waals surface area contributed by atoms with Gasteiger partial charge in [0.05, 0.1) is 29.9 Å². The minimum absolute atomic E-state index is 0.239. The van der Waals surface area contributed by atoms with Crippen molar-refractivity contribution in [1.29, 1.82) is 5.26 Å². The molecule has 100 valence electrons. The van der Waals surface area contributed by atoms with Crippen LogP contribution in [0.25, 0.3) is 0 Å². The lowest BCUT2D eigenvalue weighted by Gasteiger charge is -2.19. The Morgan fingerprint density at radius 2 is 2.26 bits per heavy atom. The van der Waals surface area contributed by atoms with Gasteiger partial charge in [0.2, 0.25) is 0 Å². The third-order valence-corrected chi connectivity index (χ3v) is 3.71. The molecule has 0 radical (unpaired) electrons. The molecule has 1 saturated heterocycles. The molecule has 0 aromatic heterocycles. The molecule has 1 aromatic carbocycles. The predicted octanol–water partition coefficient (Wildman–Crippen LogP) is 2.97. The summed E-state index contributed by atoms with van der Waals surface area (Å²) in [6, 6.07) is 3.84. The van der Waals surface area contributed by atoms with Crippen molar-refractivity contribution in [2.45, 2.75) is 32.2 Å². The van der Waals surface area contributed by atoms with Crippen molar-refractivity contribution >= 4 is 11.6 Å². The highest BCUT2D eigenvalue weighted by Gasteiger charge is 2.37. The maximum absolute atomic E-state index is 9.32. The summed E-state index contributed by atoms with van der Waals surface area (Å²) in [5, 5.41) is 9.81. The van der Waals surface area contributed by atoms with Gasteiger partial charge in [-0.05, 0) is 19.9 Å². The van der Waals surface area contributed by atoms with Crippen LogP contribution in [-0.2, 0) is 15.9 Å². The van der Waals surface area contributed by atoms with Crippen LogP contribution >= 0.6 is 11.6 Å². The summed E-state index contributed by atoms with van der Waals surface area (Å²) in [4.78, 5) is 0. The zero-order valence-electron chi connectivity index (χ0n) is 10.8. The molecule has 0 saturated carbocycles. The van der Waals surface area contributed by atoms with E-state index in [1.54, 1.807) is 6.07 Å². The van der Waals surface area contributed by atoms with E-state index in [1.807, 2.05) is 13.8 Å². The average molecular weight is 280 g/mol. The van der Waals surface area contributed by atoms with Crippen molar-refractivity contribution < 1.29 is 14.2 Å². The largest absolute Gasteiger partial charge is 0.491 e. The number of benzene rings is 1. The quantitative estimate of drug-likeness (QED) is 0.793. The summed E-state index contributed by atoms with van der Waals surface area (Å²) in [6.07, 6.45) is 0.512. The van der Waals surface area contributed by atoms with Gasteiger partial charge in [0.1, 0.15) is 11.9 Å². The number of nitrogens with zero attached hydrogens (tertiary/aromatic N) is 1. The molecule has 3 rings (SSSR count). The first-order chi connectivity index (χ1) is 9.02. The smallest absolute Gasteiger partial charge is 0.163 e. The van der Waals surface area contributed by atoms with Gasteiger partial charge in [0.25, 0.3) is 0 Å². The highest BCUT2D eigenvalue weighted by Crippen LogP contribution is 2.44. The Kier molecular flexibility index (Phi) is 2.94. The Morgan fingerprint density at radius 1 is 1.47 bits per heavy atom. The maximum Gasteiger partial charge on any atom is 0.163 e. The van der Waals surface area contributed by atoms with Crippen molar-refractivity contribution in [3.8, 4) is 11.8 Å².